The van der Waals surface area contributed by atoms with Gasteiger partial charge in [0.05, 0.1) is 11.8 Å². The summed E-state index contributed by atoms with van der Waals surface area (Å²) in [6.45, 7) is 16.8. The van der Waals surface area contributed by atoms with Crippen LogP contribution in [-0.4, -0.2) is 11.8 Å². The third-order valence-corrected chi connectivity index (χ3v) is 5.63. The highest BCUT2D eigenvalue weighted by Gasteiger charge is 2.52. The number of benzene rings is 2. The van der Waals surface area contributed by atoms with E-state index < -0.39 is 11.8 Å². The van der Waals surface area contributed by atoms with Crippen molar-refractivity contribution in [2.75, 3.05) is 10.6 Å². The Balaban J connectivity index is 1.59. The molecule has 0 spiro atoms. The van der Waals surface area contributed by atoms with Crippen molar-refractivity contribution in [3.05, 3.63) is 71.8 Å². The van der Waals surface area contributed by atoms with Gasteiger partial charge in [-0.3, -0.25) is 9.59 Å². The molecule has 1 saturated carbocycles. The van der Waals surface area contributed by atoms with Crippen molar-refractivity contribution in [3.8, 4) is 0 Å². The van der Waals surface area contributed by atoms with Crippen LogP contribution in [0.1, 0.15) is 52.7 Å². The van der Waals surface area contributed by atoms with Crippen LogP contribution in [0.25, 0.3) is 0 Å². The maximum absolute atomic E-state index is 12.6. The fraction of sp³-hybridized carbons (Fsp3) is 0.385. The Morgan fingerprint density at radius 1 is 0.667 bits per heavy atom. The number of nitrogens with one attached hydrogen (secondary N) is 2. The van der Waals surface area contributed by atoms with Gasteiger partial charge in [-0.15, -0.1) is 0 Å². The smallest absolute Gasteiger partial charge is 0.232 e. The molecule has 30 heavy (non-hydrogen) atoms. The monoisotopic (exact) mass is 404 g/mol. The Morgan fingerprint density at radius 3 is 1.23 bits per heavy atom. The minimum absolute atomic E-state index is 0.0571. The third-order valence-electron chi connectivity index (χ3n) is 5.63. The Hall–Kier alpha value is -2.88. The second-order valence-corrected chi connectivity index (χ2v) is 10.2. The summed E-state index contributed by atoms with van der Waals surface area (Å²) in [5.41, 5.74) is 4.62. The van der Waals surface area contributed by atoms with Gasteiger partial charge in [-0.05, 0) is 46.2 Å². The van der Waals surface area contributed by atoms with Crippen molar-refractivity contribution in [1.82, 2.24) is 0 Å². The molecule has 3 rings (SSSR count). The predicted molar refractivity (Wildman–Crippen MR) is 124 cm³/mol. The fourth-order valence-electron chi connectivity index (χ4n) is 3.50. The average molecular weight is 405 g/mol. The topological polar surface area (TPSA) is 58.2 Å². The minimum Gasteiger partial charge on any atom is -0.326 e. The van der Waals surface area contributed by atoms with Crippen molar-refractivity contribution in [2.45, 2.75) is 52.4 Å². The number of hydrogen-bond donors (Lipinski definition) is 2. The van der Waals surface area contributed by atoms with Crippen molar-refractivity contribution >= 4 is 23.2 Å². The molecular formula is C26H32N2O2. The van der Waals surface area contributed by atoms with E-state index in [2.05, 4.69) is 58.8 Å². The van der Waals surface area contributed by atoms with Gasteiger partial charge in [0.1, 0.15) is 0 Å². The van der Waals surface area contributed by atoms with E-state index >= 15 is 0 Å². The molecule has 2 amide bonds. The lowest BCUT2D eigenvalue weighted by Gasteiger charge is -2.19. The van der Waals surface area contributed by atoms with E-state index in [-0.39, 0.29) is 22.6 Å². The molecule has 0 bridgehead atoms. The average Bonchev–Trinajstić information content (AvgIpc) is 3.32. The number of anilines is 2. The molecule has 1 aliphatic carbocycles. The first-order valence-corrected chi connectivity index (χ1v) is 10.4. The Kier molecular flexibility index (Phi) is 5.64. The summed E-state index contributed by atoms with van der Waals surface area (Å²) in [4.78, 5) is 25.3. The van der Waals surface area contributed by atoms with Crippen molar-refractivity contribution in [3.63, 3.8) is 0 Å². The lowest BCUT2D eigenvalue weighted by atomic mass is 9.87. The lowest BCUT2D eigenvalue weighted by molar-refractivity contribution is -0.122. The van der Waals surface area contributed by atoms with Crippen molar-refractivity contribution < 1.29 is 9.59 Å². The molecule has 2 aromatic rings. The van der Waals surface area contributed by atoms with Crippen LogP contribution in [0.15, 0.2) is 60.7 Å². The lowest BCUT2D eigenvalue weighted by Crippen LogP contribution is -2.21. The normalized spacial score (nSPS) is 18.7. The van der Waals surface area contributed by atoms with Gasteiger partial charge >= 0.3 is 0 Å². The summed E-state index contributed by atoms with van der Waals surface area (Å²) in [5, 5.41) is 5.81. The van der Waals surface area contributed by atoms with Gasteiger partial charge in [-0.25, -0.2) is 0 Å². The number of rotatable bonds is 4. The Morgan fingerprint density at radius 2 is 0.967 bits per heavy atom. The van der Waals surface area contributed by atoms with E-state index in [1.54, 1.807) is 0 Å². The van der Waals surface area contributed by atoms with E-state index in [0.717, 1.165) is 11.4 Å². The van der Waals surface area contributed by atoms with Gasteiger partial charge in [0, 0.05) is 11.4 Å². The van der Waals surface area contributed by atoms with Crippen LogP contribution in [0.5, 0.6) is 0 Å². The van der Waals surface area contributed by atoms with E-state index in [1.807, 2.05) is 48.5 Å². The van der Waals surface area contributed by atoms with Crippen molar-refractivity contribution in [1.29, 1.82) is 0 Å². The van der Waals surface area contributed by atoms with E-state index in [1.165, 1.54) is 11.1 Å². The summed E-state index contributed by atoms with van der Waals surface area (Å²) in [6, 6.07) is 15.7. The van der Waals surface area contributed by atoms with Gasteiger partial charge in [0.15, 0.2) is 0 Å². The molecule has 2 aromatic carbocycles. The SMILES string of the molecule is C=C1C(C(=O)Nc2ccc(C(C)(C)C)cc2)[C@H]1C(=O)Nc1ccc(C(C)(C)C)cc1. The zero-order valence-electron chi connectivity index (χ0n) is 18.8. The molecule has 0 heterocycles. The van der Waals surface area contributed by atoms with Crippen LogP contribution >= 0.6 is 0 Å². The minimum atomic E-state index is -0.485. The van der Waals surface area contributed by atoms with Crippen LogP contribution in [0.2, 0.25) is 0 Å². The molecule has 2 atom stereocenters. The maximum Gasteiger partial charge on any atom is 0.232 e. The van der Waals surface area contributed by atoms with Gasteiger partial charge < -0.3 is 10.6 Å². The van der Waals surface area contributed by atoms with Crippen LogP contribution in [0.3, 0.4) is 0 Å². The molecule has 158 valence electrons. The quantitative estimate of drug-likeness (QED) is 0.646. The van der Waals surface area contributed by atoms with E-state index in [0.29, 0.717) is 5.57 Å². The van der Waals surface area contributed by atoms with E-state index in [9.17, 15) is 9.59 Å². The van der Waals surface area contributed by atoms with E-state index in [4.69, 9.17) is 0 Å². The second-order valence-electron chi connectivity index (χ2n) is 10.2. The molecule has 4 nitrogen and oxygen atoms in total. The third kappa shape index (κ3) is 4.81. The zero-order chi connectivity index (χ0) is 22.3. The number of carbonyl (C=O) groups is 2. The summed E-state index contributed by atoms with van der Waals surface area (Å²) < 4.78 is 0. The summed E-state index contributed by atoms with van der Waals surface area (Å²) in [5.74, 6) is -1.35. The summed E-state index contributed by atoms with van der Waals surface area (Å²) in [7, 11) is 0. The summed E-state index contributed by atoms with van der Waals surface area (Å²) in [6.07, 6.45) is 0. The largest absolute Gasteiger partial charge is 0.326 e. The molecule has 0 aromatic heterocycles. The standard InChI is InChI=1S/C26H32N2O2/c1-16-21(23(29)27-19-12-8-17(9-13-19)25(2,3)4)22(16)24(30)28-20-14-10-18(11-15-20)26(5,6)7/h8-15,21-22H,1H2,2-7H3,(H,27,29)(H,28,30)/t21-,22?/m0/s1. The van der Waals surface area contributed by atoms with Gasteiger partial charge in [0.25, 0.3) is 0 Å². The van der Waals surface area contributed by atoms with Crippen LogP contribution in [-0.2, 0) is 20.4 Å². The highest BCUT2D eigenvalue weighted by atomic mass is 16.2. The fourth-order valence-corrected chi connectivity index (χ4v) is 3.50. The Bertz CT molecular complexity index is 879. The van der Waals surface area contributed by atoms with Crippen LogP contribution in [0.4, 0.5) is 11.4 Å². The first-order chi connectivity index (χ1) is 13.9. The van der Waals surface area contributed by atoms with Gasteiger partial charge in [-0.2, -0.15) is 0 Å². The molecule has 4 heteroatoms. The maximum atomic E-state index is 12.6. The predicted octanol–water partition coefficient (Wildman–Crippen LogP) is 5.66. The first kappa shape index (κ1) is 21.8. The number of carbonyl (C=O) groups excluding carboxylic acids is 2. The van der Waals surface area contributed by atoms with Crippen LogP contribution in [0, 0.1) is 11.8 Å². The molecular weight excluding hydrogens is 372 g/mol. The van der Waals surface area contributed by atoms with Crippen molar-refractivity contribution in [2.24, 2.45) is 11.8 Å². The highest BCUT2D eigenvalue weighted by Crippen LogP contribution is 2.45. The molecule has 1 unspecified atom stereocenters. The van der Waals surface area contributed by atoms with Gasteiger partial charge in [-0.1, -0.05) is 78.0 Å². The second kappa shape index (κ2) is 7.75. The summed E-state index contributed by atoms with van der Waals surface area (Å²) >= 11 is 0. The highest BCUT2D eigenvalue weighted by molar-refractivity contribution is 6.08. The molecule has 0 saturated heterocycles. The molecule has 1 aliphatic rings. The molecule has 2 N–H and O–H groups in total. The number of hydrogen-bond acceptors (Lipinski definition) is 2. The zero-order valence-corrected chi connectivity index (χ0v) is 18.8. The molecule has 1 fully saturated rings. The number of amides is 2. The van der Waals surface area contributed by atoms with Gasteiger partial charge in [0.2, 0.25) is 11.8 Å². The molecule has 0 radical (unpaired) electrons. The Labute approximate surface area is 179 Å². The van der Waals surface area contributed by atoms with Crippen LogP contribution < -0.4 is 10.6 Å². The molecule has 0 aliphatic heterocycles. The first-order valence-electron chi connectivity index (χ1n) is 10.4.